The molecule has 1 saturated carbocycles. The van der Waals surface area contributed by atoms with Crippen molar-refractivity contribution in [1.29, 1.82) is 0 Å². The van der Waals surface area contributed by atoms with E-state index >= 15 is 0 Å². The van der Waals surface area contributed by atoms with Gasteiger partial charge in [-0.15, -0.1) is 0 Å². The van der Waals surface area contributed by atoms with E-state index in [1.165, 1.54) is 12.8 Å². The van der Waals surface area contributed by atoms with E-state index in [4.69, 9.17) is 4.74 Å². The van der Waals surface area contributed by atoms with Crippen LogP contribution in [0.15, 0.2) is 0 Å². The first-order valence-electron chi connectivity index (χ1n) is 6.60. The SMILES string of the molecule is CCCCOC1CCCCCCC1C(=O)O. The predicted molar refractivity (Wildman–Crippen MR) is 63.5 cm³/mol. The van der Waals surface area contributed by atoms with Crippen LogP contribution < -0.4 is 0 Å². The molecule has 2 atom stereocenters. The second-order valence-electron chi connectivity index (χ2n) is 4.70. The van der Waals surface area contributed by atoms with Gasteiger partial charge in [0.25, 0.3) is 0 Å². The van der Waals surface area contributed by atoms with Crippen molar-refractivity contribution in [1.82, 2.24) is 0 Å². The van der Waals surface area contributed by atoms with E-state index in [1.54, 1.807) is 0 Å². The average molecular weight is 228 g/mol. The first kappa shape index (κ1) is 13.5. The van der Waals surface area contributed by atoms with Crippen LogP contribution in [0.25, 0.3) is 0 Å². The maximum Gasteiger partial charge on any atom is 0.309 e. The summed E-state index contributed by atoms with van der Waals surface area (Å²) in [5.41, 5.74) is 0. The molecule has 1 fully saturated rings. The van der Waals surface area contributed by atoms with Crippen LogP contribution in [-0.4, -0.2) is 23.8 Å². The summed E-state index contributed by atoms with van der Waals surface area (Å²) in [4.78, 5) is 11.2. The van der Waals surface area contributed by atoms with E-state index in [0.717, 1.165) is 38.5 Å². The van der Waals surface area contributed by atoms with Crippen molar-refractivity contribution in [2.45, 2.75) is 64.4 Å². The number of rotatable bonds is 5. The van der Waals surface area contributed by atoms with E-state index < -0.39 is 5.97 Å². The number of carboxylic acid groups (broad SMARTS) is 1. The van der Waals surface area contributed by atoms with Gasteiger partial charge in [0.05, 0.1) is 12.0 Å². The third-order valence-corrected chi connectivity index (χ3v) is 3.35. The fourth-order valence-corrected chi connectivity index (χ4v) is 2.31. The van der Waals surface area contributed by atoms with E-state index in [9.17, 15) is 9.90 Å². The quantitative estimate of drug-likeness (QED) is 0.735. The van der Waals surface area contributed by atoms with Crippen LogP contribution in [0.3, 0.4) is 0 Å². The molecule has 0 radical (unpaired) electrons. The van der Waals surface area contributed by atoms with Gasteiger partial charge in [-0.1, -0.05) is 39.0 Å². The number of unbranched alkanes of at least 4 members (excludes halogenated alkanes) is 1. The van der Waals surface area contributed by atoms with Gasteiger partial charge >= 0.3 is 5.97 Å². The topological polar surface area (TPSA) is 46.5 Å². The van der Waals surface area contributed by atoms with Crippen molar-refractivity contribution in [3.63, 3.8) is 0 Å². The molecular formula is C13H24O3. The fraction of sp³-hybridized carbons (Fsp3) is 0.923. The molecule has 16 heavy (non-hydrogen) atoms. The Morgan fingerprint density at radius 2 is 1.94 bits per heavy atom. The lowest BCUT2D eigenvalue weighted by Crippen LogP contribution is -2.32. The lowest BCUT2D eigenvalue weighted by Gasteiger charge is -2.26. The molecule has 0 aromatic rings. The normalized spacial score (nSPS) is 27.1. The molecule has 94 valence electrons. The van der Waals surface area contributed by atoms with Crippen LogP contribution >= 0.6 is 0 Å². The van der Waals surface area contributed by atoms with E-state index in [1.807, 2.05) is 0 Å². The lowest BCUT2D eigenvalue weighted by molar-refractivity contribution is -0.148. The average Bonchev–Trinajstić information content (AvgIpc) is 2.21. The molecule has 1 rings (SSSR count). The zero-order chi connectivity index (χ0) is 11.8. The molecule has 1 N–H and O–H groups in total. The molecule has 1 aliphatic carbocycles. The predicted octanol–water partition coefficient (Wildman–Crippen LogP) is 3.23. The van der Waals surface area contributed by atoms with Gasteiger partial charge in [-0.2, -0.15) is 0 Å². The van der Waals surface area contributed by atoms with Crippen molar-refractivity contribution in [3.8, 4) is 0 Å². The molecule has 2 unspecified atom stereocenters. The van der Waals surface area contributed by atoms with Gasteiger partial charge in [0.2, 0.25) is 0 Å². The Morgan fingerprint density at radius 3 is 2.56 bits per heavy atom. The molecular weight excluding hydrogens is 204 g/mol. The maximum atomic E-state index is 11.2. The summed E-state index contributed by atoms with van der Waals surface area (Å²) >= 11 is 0. The van der Waals surface area contributed by atoms with Crippen molar-refractivity contribution >= 4 is 5.97 Å². The van der Waals surface area contributed by atoms with Crippen LogP contribution in [-0.2, 0) is 9.53 Å². The summed E-state index contributed by atoms with van der Waals surface area (Å²) in [6.45, 7) is 2.83. The minimum atomic E-state index is -0.677. The molecule has 0 amide bonds. The standard InChI is InChI=1S/C13H24O3/c1-2-3-10-16-12-9-7-5-4-6-8-11(12)13(14)15/h11-12H,2-10H2,1H3,(H,14,15). The van der Waals surface area contributed by atoms with Gasteiger partial charge in [-0.05, 0) is 19.3 Å². The van der Waals surface area contributed by atoms with Gasteiger partial charge < -0.3 is 9.84 Å². The minimum Gasteiger partial charge on any atom is -0.481 e. The van der Waals surface area contributed by atoms with E-state index in [-0.39, 0.29) is 12.0 Å². The van der Waals surface area contributed by atoms with Crippen LogP contribution in [0.4, 0.5) is 0 Å². The number of ether oxygens (including phenoxy) is 1. The minimum absolute atomic E-state index is 0.0515. The molecule has 0 heterocycles. The highest BCUT2D eigenvalue weighted by atomic mass is 16.5. The van der Waals surface area contributed by atoms with Gasteiger partial charge in [-0.3, -0.25) is 4.79 Å². The van der Waals surface area contributed by atoms with Gasteiger partial charge in [-0.25, -0.2) is 0 Å². The lowest BCUT2D eigenvalue weighted by atomic mass is 9.88. The Labute approximate surface area is 98.2 Å². The molecule has 0 aromatic carbocycles. The molecule has 3 nitrogen and oxygen atoms in total. The van der Waals surface area contributed by atoms with E-state index in [0.29, 0.717) is 6.61 Å². The number of carbonyl (C=O) groups is 1. The first-order chi connectivity index (χ1) is 7.75. The van der Waals surface area contributed by atoms with Gasteiger partial charge in [0.1, 0.15) is 0 Å². The molecule has 0 bridgehead atoms. The summed E-state index contributed by atoms with van der Waals surface area (Å²) in [6, 6.07) is 0. The Hall–Kier alpha value is -0.570. The van der Waals surface area contributed by atoms with Crippen molar-refractivity contribution in [2.75, 3.05) is 6.61 Å². The van der Waals surface area contributed by atoms with Crippen LogP contribution in [0, 0.1) is 5.92 Å². The summed E-state index contributed by atoms with van der Waals surface area (Å²) in [5, 5.41) is 9.20. The molecule has 0 aliphatic heterocycles. The summed E-state index contributed by atoms with van der Waals surface area (Å²) < 4.78 is 5.75. The summed E-state index contributed by atoms with van der Waals surface area (Å²) in [5.74, 6) is -0.958. The fourth-order valence-electron chi connectivity index (χ4n) is 2.31. The number of carboxylic acids is 1. The van der Waals surface area contributed by atoms with Gasteiger partial charge in [0.15, 0.2) is 0 Å². The molecule has 0 saturated heterocycles. The second-order valence-corrected chi connectivity index (χ2v) is 4.70. The molecule has 0 aromatic heterocycles. The molecule has 0 spiro atoms. The van der Waals surface area contributed by atoms with E-state index in [2.05, 4.69) is 6.92 Å². The zero-order valence-corrected chi connectivity index (χ0v) is 10.3. The number of hydrogen-bond acceptors (Lipinski definition) is 2. The van der Waals surface area contributed by atoms with Gasteiger partial charge in [0, 0.05) is 6.61 Å². The second kappa shape index (κ2) is 7.66. The maximum absolute atomic E-state index is 11.2. The monoisotopic (exact) mass is 228 g/mol. The number of hydrogen-bond donors (Lipinski definition) is 1. The summed E-state index contributed by atoms with van der Waals surface area (Å²) in [6.07, 6.45) is 8.32. The Morgan fingerprint density at radius 1 is 1.25 bits per heavy atom. The zero-order valence-electron chi connectivity index (χ0n) is 10.3. The van der Waals surface area contributed by atoms with Crippen LogP contribution in [0.5, 0.6) is 0 Å². The van der Waals surface area contributed by atoms with Crippen molar-refractivity contribution in [2.24, 2.45) is 5.92 Å². The highest BCUT2D eigenvalue weighted by molar-refractivity contribution is 5.70. The van der Waals surface area contributed by atoms with Crippen molar-refractivity contribution in [3.05, 3.63) is 0 Å². The third-order valence-electron chi connectivity index (χ3n) is 3.35. The smallest absolute Gasteiger partial charge is 0.309 e. The molecule has 1 aliphatic rings. The van der Waals surface area contributed by atoms with Crippen LogP contribution in [0.2, 0.25) is 0 Å². The third kappa shape index (κ3) is 4.52. The van der Waals surface area contributed by atoms with Crippen LogP contribution in [0.1, 0.15) is 58.3 Å². The Kier molecular flexibility index (Phi) is 6.46. The Balaban J connectivity index is 2.46. The highest BCUT2D eigenvalue weighted by Crippen LogP contribution is 2.25. The Bertz CT molecular complexity index is 203. The highest BCUT2D eigenvalue weighted by Gasteiger charge is 2.29. The van der Waals surface area contributed by atoms with Crippen molar-refractivity contribution < 1.29 is 14.6 Å². The summed E-state index contributed by atoms with van der Waals surface area (Å²) in [7, 11) is 0. The largest absolute Gasteiger partial charge is 0.481 e. The molecule has 3 heteroatoms. The first-order valence-corrected chi connectivity index (χ1v) is 6.60. The number of aliphatic carboxylic acids is 1.